The number of fused-ring (bicyclic) bond motifs is 1. The van der Waals surface area contributed by atoms with E-state index in [4.69, 9.17) is 4.74 Å². The number of carbonyl (C=O) groups excluding carboxylic acids is 1. The maximum atomic E-state index is 12.7. The number of benzene rings is 1. The van der Waals surface area contributed by atoms with Gasteiger partial charge in [0.05, 0.1) is 18.0 Å². The largest absolute Gasteiger partial charge is 0.481 e. The van der Waals surface area contributed by atoms with Crippen molar-refractivity contribution in [1.82, 2.24) is 24.6 Å². The molecule has 1 saturated heterocycles. The van der Waals surface area contributed by atoms with Crippen molar-refractivity contribution in [3.05, 3.63) is 36.2 Å². The third-order valence-corrected chi connectivity index (χ3v) is 4.96. The quantitative estimate of drug-likeness (QED) is 0.730. The number of carbonyl (C=O) groups is 1. The predicted octanol–water partition coefficient (Wildman–Crippen LogP) is 1.38. The SMILES string of the molecule is COc1c2ccc(C(=O)Nc3cc(N4CCN(C)CC4)ncn3)cc2nn1C. The van der Waals surface area contributed by atoms with Crippen LogP contribution in [0.3, 0.4) is 0 Å². The number of amides is 1. The number of hydrogen-bond acceptors (Lipinski definition) is 7. The van der Waals surface area contributed by atoms with Crippen LogP contribution in [0.15, 0.2) is 30.6 Å². The van der Waals surface area contributed by atoms with Gasteiger partial charge in [-0.25, -0.2) is 14.6 Å². The molecule has 28 heavy (non-hydrogen) atoms. The average Bonchev–Trinajstić information content (AvgIpc) is 3.02. The minimum Gasteiger partial charge on any atom is -0.481 e. The second-order valence-corrected chi connectivity index (χ2v) is 6.87. The van der Waals surface area contributed by atoms with E-state index >= 15 is 0 Å². The smallest absolute Gasteiger partial charge is 0.256 e. The van der Waals surface area contributed by atoms with Gasteiger partial charge in [-0.05, 0) is 25.2 Å². The summed E-state index contributed by atoms with van der Waals surface area (Å²) < 4.78 is 7.00. The third kappa shape index (κ3) is 3.48. The fourth-order valence-corrected chi connectivity index (χ4v) is 3.37. The van der Waals surface area contributed by atoms with Crippen LogP contribution in [0.5, 0.6) is 5.88 Å². The average molecular weight is 381 g/mol. The van der Waals surface area contributed by atoms with Crippen molar-refractivity contribution in [3.8, 4) is 5.88 Å². The first kappa shape index (κ1) is 18.2. The molecule has 0 unspecified atom stereocenters. The zero-order valence-corrected chi connectivity index (χ0v) is 16.2. The maximum Gasteiger partial charge on any atom is 0.256 e. The molecule has 1 aliphatic rings. The van der Waals surface area contributed by atoms with Gasteiger partial charge in [-0.3, -0.25) is 4.79 Å². The van der Waals surface area contributed by atoms with Crippen molar-refractivity contribution >= 4 is 28.4 Å². The Morgan fingerprint density at radius 1 is 1.11 bits per heavy atom. The van der Waals surface area contributed by atoms with E-state index in [-0.39, 0.29) is 5.91 Å². The van der Waals surface area contributed by atoms with Crippen molar-refractivity contribution < 1.29 is 9.53 Å². The molecule has 3 heterocycles. The molecule has 0 saturated carbocycles. The van der Waals surface area contributed by atoms with Gasteiger partial charge >= 0.3 is 0 Å². The van der Waals surface area contributed by atoms with Gasteiger partial charge in [0.15, 0.2) is 0 Å². The number of aryl methyl sites for hydroxylation is 1. The van der Waals surface area contributed by atoms with Crippen molar-refractivity contribution in [3.63, 3.8) is 0 Å². The molecule has 2 aromatic heterocycles. The summed E-state index contributed by atoms with van der Waals surface area (Å²) in [5, 5.41) is 8.11. The number of methoxy groups -OCH3 is 1. The summed E-state index contributed by atoms with van der Waals surface area (Å²) in [4.78, 5) is 25.7. The summed E-state index contributed by atoms with van der Waals surface area (Å²) in [7, 11) is 5.51. The predicted molar refractivity (Wildman–Crippen MR) is 107 cm³/mol. The van der Waals surface area contributed by atoms with E-state index in [1.165, 1.54) is 6.33 Å². The number of rotatable bonds is 4. The zero-order chi connectivity index (χ0) is 19.7. The Kier molecular flexibility index (Phi) is 4.82. The zero-order valence-electron chi connectivity index (χ0n) is 16.2. The number of piperazine rings is 1. The lowest BCUT2D eigenvalue weighted by molar-refractivity contribution is 0.102. The van der Waals surface area contributed by atoms with Crippen LogP contribution in [0.4, 0.5) is 11.6 Å². The lowest BCUT2D eigenvalue weighted by Crippen LogP contribution is -2.44. The molecule has 9 heteroatoms. The summed E-state index contributed by atoms with van der Waals surface area (Å²) in [6.07, 6.45) is 1.48. The molecule has 1 amide bonds. The monoisotopic (exact) mass is 381 g/mol. The van der Waals surface area contributed by atoms with Crippen LogP contribution in [0.2, 0.25) is 0 Å². The van der Waals surface area contributed by atoms with Crippen LogP contribution < -0.4 is 15.0 Å². The lowest BCUT2D eigenvalue weighted by atomic mass is 10.1. The molecule has 1 N–H and O–H groups in total. The highest BCUT2D eigenvalue weighted by Crippen LogP contribution is 2.25. The van der Waals surface area contributed by atoms with Gasteiger partial charge in [0.1, 0.15) is 18.0 Å². The molecule has 0 radical (unpaired) electrons. The van der Waals surface area contributed by atoms with Gasteiger partial charge in [-0.1, -0.05) is 0 Å². The molecule has 1 aliphatic heterocycles. The Hall–Kier alpha value is -3.20. The van der Waals surface area contributed by atoms with Crippen molar-refractivity contribution in [2.24, 2.45) is 7.05 Å². The topological polar surface area (TPSA) is 88.4 Å². The van der Waals surface area contributed by atoms with E-state index < -0.39 is 0 Å². The number of hydrogen-bond donors (Lipinski definition) is 1. The van der Waals surface area contributed by atoms with Gasteiger partial charge in [0, 0.05) is 44.9 Å². The van der Waals surface area contributed by atoms with Crippen LogP contribution in [0, 0.1) is 0 Å². The van der Waals surface area contributed by atoms with Gasteiger partial charge in [0.2, 0.25) is 5.88 Å². The molecule has 3 aromatic rings. The molecular weight excluding hydrogens is 358 g/mol. The number of aromatic nitrogens is 4. The van der Waals surface area contributed by atoms with Crippen LogP contribution in [-0.4, -0.2) is 70.9 Å². The Bertz CT molecular complexity index is 1010. The molecule has 0 aliphatic carbocycles. The summed E-state index contributed by atoms with van der Waals surface area (Å²) in [5.41, 5.74) is 1.21. The molecule has 1 aromatic carbocycles. The second-order valence-electron chi connectivity index (χ2n) is 6.87. The minimum absolute atomic E-state index is 0.241. The van der Waals surface area contributed by atoms with Crippen LogP contribution in [0.1, 0.15) is 10.4 Å². The number of likely N-dealkylation sites (N-methyl/N-ethyl adjacent to an activating group) is 1. The minimum atomic E-state index is -0.241. The standard InChI is InChI=1S/C19H23N7O2/c1-24-6-8-26(9-7-24)17-11-16(20-12-21-17)22-18(27)13-4-5-14-15(10-13)23-25(2)19(14)28-3/h4-5,10-12H,6-9H2,1-3H3,(H,20,21,22,27). The van der Waals surface area contributed by atoms with Crippen LogP contribution in [0.25, 0.3) is 10.9 Å². The van der Waals surface area contributed by atoms with Gasteiger partial charge in [-0.15, -0.1) is 0 Å². The number of anilines is 2. The molecule has 146 valence electrons. The second kappa shape index (κ2) is 7.43. The number of nitrogens with one attached hydrogen (secondary N) is 1. The maximum absolute atomic E-state index is 12.7. The van der Waals surface area contributed by atoms with E-state index in [1.807, 2.05) is 12.1 Å². The summed E-state index contributed by atoms with van der Waals surface area (Å²) in [5.74, 6) is 1.72. The Labute approximate surface area is 162 Å². The van der Waals surface area contributed by atoms with E-state index in [1.54, 1.807) is 31.0 Å². The fraction of sp³-hybridized carbons (Fsp3) is 0.368. The first-order valence-electron chi connectivity index (χ1n) is 9.13. The highest BCUT2D eigenvalue weighted by Gasteiger charge is 2.17. The molecular formula is C19H23N7O2. The Morgan fingerprint density at radius 2 is 1.89 bits per heavy atom. The Balaban J connectivity index is 1.52. The van der Waals surface area contributed by atoms with Crippen molar-refractivity contribution in [2.45, 2.75) is 0 Å². The highest BCUT2D eigenvalue weighted by molar-refractivity contribution is 6.06. The van der Waals surface area contributed by atoms with E-state index in [0.717, 1.165) is 37.4 Å². The molecule has 4 rings (SSSR count). The normalized spacial score (nSPS) is 15.0. The van der Waals surface area contributed by atoms with E-state index in [2.05, 4.69) is 37.2 Å². The molecule has 0 bridgehead atoms. The van der Waals surface area contributed by atoms with Gasteiger partial charge in [0.25, 0.3) is 5.91 Å². The third-order valence-electron chi connectivity index (χ3n) is 4.96. The van der Waals surface area contributed by atoms with Crippen molar-refractivity contribution in [2.75, 3.05) is 50.6 Å². The molecule has 9 nitrogen and oxygen atoms in total. The number of nitrogens with zero attached hydrogens (tertiary/aromatic N) is 6. The van der Waals surface area contributed by atoms with E-state index in [9.17, 15) is 4.79 Å². The summed E-state index contributed by atoms with van der Waals surface area (Å²) >= 11 is 0. The highest BCUT2D eigenvalue weighted by atomic mass is 16.5. The van der Waals surface area contributed by atoms with Crippen LogP contribution >= 0.6 is 0 Å². The molecule has 1 fully saturated rings. The lowest BCUT2D eigenvalue weighted by Gasteiger charge is -2.33. The van der Waals surface area contributed by atoms with Crippen molar-refractivity contribution in [1.29, 1.82) is 0 Å². The van der Waals surface area contributed by atoms with E-state index in [0.29, 0.717) is 22.8 Å². The first-order chi connectivity index (χ1) is 13.5. The fourth-order valence-electron chi connectivity index (χ4n) is 3.37. The Morgan fingerprint density at radius 3 is 2.64 bits per heavy atom. The molecule has 0 atom stereocenters. The molecule has 0 spiro atoms. The van der Waals surface area contributed by atoms with Gasteiger partial charge in [-0.2, -0.15) is 5.10 Å². The van der Waals surface area contributed by atoms with Gasteiger partial charge < -0.3 is 19.9 Å². The number of ether oxygens (including phenoxy) is 1. The summed E-state index contributed by atoms with van der Waals surface area (Å²) in [6, 6.07) is 7.15. The van der Waals surface area contributed by atoms with Crippen LogP contribution in [-0.2, 0) is 7.05 Å². The summed E-state index contributed by atoms with van der Waals surface area (Å²) in [6.45, 7) is 3.77. The first-order valence-corrected chi connectivity index (χ1v) is 9.13.